The number of rotatable bonds is 4. The standard InChI is InChI=1S/C17H17N.C5H7FO2/c1-3-12(2)15-8-4-6-13-9-10-14-7-5-11-18-17(14)16(13)15;1-4(7)3-5(2)8-6/h4-12H,3H2,1-2H3;3H,1-2H3/b;5-3-. The van der Waals surface area contributed by atoms with Gasteiger partial charge in [-0.25, -0.2) is 0 Å². The summed E-state index contributed by atoms with van der Waals surface area (Å²) in [4.78, 5) is 17.9. The van der Waals surface area contributed by atoms with E-state index in [-0.39, 0.29) is 11.5 Å². The van der Waals surface area contributed by atoms with Crippen LogP contribution in [0.25, 0.3) is 21.7 Å². The molecule has 0 saturated heterocycles. The summed E-state index contributed by atoms with van der Waals surface area (Å²) in [5.74, 6) is 0.332. The number of ketones is 1. The molecule has 3 rings (SSSR count). The SMILES string of the molecule is CC(=O)/C=C(/C)OF.CCC(C)c1cccc2ccc3cccnc3c12. The smallest absolute Gasteiger partial charge is 0.156 e. The number of halogens is 1. The Hall–Kier alpha value is -2.75. The minimum Gasteiger partial charge on any atom is -0.299 e. The van der Waals surface area contributed by atoms with Gasteiger partial charge in [0.15, 0.2) is 5.78 Å². The Morgan fingerprint density at radius 1 is 1.15 bits per heavy atom. The van der Waals surface area contributed by atoms with Gasteiger partial charge in [0.2, 0.25) is 0 Å². The number of benzene rings is 2. The van der Waals surface area contributed by atoms with Crippen molar-refractivity contribution < 1.29 is 14.3 Å². The molecule has 2 aromatic carbocycles. The molecule has 0 aliphatic rings. The molecule has 0 aliphatic heterocycles. The highest BCUT2D eigenvalue weighted by Gasteiger charge is 2.10. The summed E-state index contributed by atoms with van der Waals surface area (Å²) in [5, 5.41) is 3.84. The van der Waals surface area contributed by atoms with Gasteiger partial charge in [0.1, 0.15) is 5.76 Å². The predicted octanol–water partition coefficient (Wildman–Crippen LogP) is 6.28. The Bertz CT molecular complexity index is 934. The molecule has 0 amide bonds. The van der Waals surface area contributed by atoms with E-state index < -0.39 is 0 Å². The molecule has 0 radical (unpaired) electrons. The predicted molar refractivity (Wildman–Crippen MR) is 105 cm³/mol. The number of allylic oxidation sites excluding steroid dienone is 2. The summed E-state index contributed by atoms with van der Waals surface area (Å²) in [7, 11) is 0. The summed E-state index contributed by atoms with van der Waals surface area (Å²) in [6.07, 6.45) is 4.11. The Labute approximate surface area is 153 Å². The van der Waals surface area contributed by atoms with Gasteiger partial charge in [-0.2, -0.15) is 0 Å². The summed E-state index contributed by atoms with van der Waals surface area (Å²) in [6, 6.07) is 15.1. The van der Waals surface area contributed by atoms with Gasteiger partial charge in [0.05, 0.1) is 5.52 Å². The van der Waals surface area contributed by atoms with Gasteiger partial charge in [0, 0.05) is 27.6 Å². The molecule has 0 saturated carbocycles. The fourth-order valence-electron chi connectivity index (χ4n) is 2.88. The lowest BCUT2D eigenvalue weighted by atomic mass is 9.91. The van der Waals surface area contributed by atoms with Crippen LogP contribution in [-0.2, 0) is 9.74 Å². The van der Waals surface area contributed by atoms with Crippen molar-refractivity contribution in [2.75, 3.05) is 0 Å². The van der Waals surface area contributed by atoms with Crippen molar-refractivity contribution in [3.8, 4) is 0 Å². The highest BCUT2D eigenvalue weighted by Crippen LogP contribution is 2.32. The quantitative estimate of drug-likeness (QED) is 0.315. The molecule has 1 unspecified atom stereocenters. The Morgan fingerprint density at radius 2 is 1.85 bits per heavy atom. The van der Waals surface area contributed by atoms with Crippen LogP contribution in [0.15, 0.2) is 60.5 Å². The number of fused-ring (bicyclic) bond motifs is 3. The summed E-state index contributed by atoms with van der Waals surface area (Å²) in [6.45, 7) is 7.21. The molecule has 1 aromatic heterocycles. The normalized spacial score (nSPS) is 12.4. The van der Waals surface area contributed by atoms with Crippen LogP contribution in [0.2, 0.25) is 0 Å². The lowest BCUT2D eigenvalue weighted by Crippen LogP contribution is -1.94. The first-order valence-electron chi connectivity index (χ1n) is 8.71. The molecule has 0 fully saturated rings. The average molecular weight is 353 g/mol. The van der Waals surface area contributed by atoms with Crippen molar-refractivity contribution >= 4 is 27.5 Å². The van der Waals surface area contributed by atoms with Crippen molar-refractivity contribution in [1.29, 1.82) is 0 Å². The van der Waals surface area contributed by atoms with Gasteiger partial charge in [-0.3, -0.25) is 14.7 Å². The van der Waals surface area contributed by atoms with Crippen LogP contribution in [0.4, 0.5) is 4.53 Å². The van der Waals surface area contributed by atoms with Gasteiger partial charge < -0.3 is 0 Å². The highest BCUT2D eigenvalue weighted by atomic mass is 19.3. The second-order valence-corrected chi connectivity index (χ2v) is 6.34. The van der Waals surface area contributed by atoms with Crippen LogP contribution in [0.5, 0.6) is 0 Å². The zero-order valence-electron chi connectivity index (χ0n) is 15.6. The number of carbonyl (C=O) groups is 1. The molecule has 1 heterocycles. The van der Waals surface area contributed by atoms with Crippen molar-refractivity contribution in [3.63, 3.8) is 0 Å². The van der Waals surface area contributed by atoms with Crippen molar-refractivity contribution in [3.05, 3.63) is 66.1 Å². The molecular weight excluding hydrogens is 329 g/mol. The molecule has 26 heavy (non-hydrogen) atoms. The van der Waals surface area contributed by atoms with Gasteiger partial charge in [0.25, 0.3) is 0 Å². The van der Waals surface area contributed by atoms with Gasteiger partial charge in [-0.1, -0.05) is 50.2 Å². The fraction of sp³-hybridized carbons (Fsp3) is 0.273. The van der Waals surface area contributed by atoms with E-state index in [9.17, 15) is 9.32 Å². The summed E-state index contributed by atoms with van der Waals surface area (Å²) in [5.41, 5.74) is 2.55. The fourth-order valence-corrected chi connectivity index (χ4v) is 2.88. The minimum absolute atomic E-state index is 0.0162. The number of carbonyl (C=O) groups excluding carboxylic acids is 1. The van der Waals surface area contributed by atoms with E-state index in [1.54, 1.807) is 0 Å². The third-order valence-electron chi connectivity index (χ3n) is 4.32. The molecule has 3 nitrogen and oxygen atoms in total. The van der Waals surface area contributed by atoms with Crippen molar-refractivity contribution in [2.24, 2.45) is 0 Å². The third-order valence-corrected chi connectivity index (χ3v) is 4.32. The van der Waals surface area contributed by atoms with E-state index in [0.29, 0.717) is 5.92 Å². The first-order chi connectivity index (χ1) is 12.5. The first-order valence-corrected chi connectivity index (χ1v) is 8.71. The number of hydrogen-bond acceptors (Lipinski definition) is 3. The molecule has 0 bridgehead atoms. The van der Waals surface area contributed by atoms with E-state index in [2.05, 4.69) is 60.2 Å². The maximum atomic E-state index is 11.0. The van der Waals surface area contributed by atoms with Crippen molar-refractivity contribution in [2.45, 2.75) is 40.0 Å². The first kappa shape index (κ1) is 19.6. The third kappa shape index (κ3) is 4.66. The van der Waals surface area contributed by atoms with Crippen LogP contribution in [0, 0.1) is 0 Å². The second-order valence-electron chi connectivity index (χ2n) is 6.34. The second kappa shape index (κ2) is 9.09. The lowest BCUT2D eigenvalue weighted by Gasteiger charge is -2.14. The zero-order chi connectivity index (χ0) is 19.1. The minimum atomic E-state index is -0.222. The number of hydrogen-bond donors (Lipinski definition) is 0. The molecule has 0 spiro atoms. The Kier molecular flexibility index (Phi) is 6.84. The van der Waals surface area contributed by atoms with E-state index in [1.165, 1.54) is 35.6 Å². The average Bonchev–Trinajstić information content (AvgIpc) is 2.66. The number of aromatic nitrogens is 1. The van der Waals surface area contributed by atoms with Crippen molar-refractivity contribution in [1.82, 2.24) is 4.98 Å². The maximum absolute atomic E-state index is 11.0. The van der Waals surface area contributed by atoms with Gasteiger partial charge >= 0.3 is 0 Å². The summed E-state index contributed by atoms with van der Waals surface area (Å²) < 4.78 is 11.0. The van der Waals surface area contributed by atoms with E-state index in [4.69, 9.17) is 0 Å². The maximum Gasteiger partial charge on any atom is 0.156 e. The van der Waals surface area contributed by atoms with Crippen LogP contribution in [-0.4, -0.2) is 10.8 Å². The molecule has 1 atom stereocenters. The monoisotopic (exact) mass is 353 g/mol. The van der Waals surface area contributed by atoms with Crippen LogP contribution >= 0.6 is 0 Å². The molecule has 3 aromatic rings. The number of pyridine rings is 1. The largest absolute Gasteiger partial charge is 0.299 e. The molecule has 4 heteroatoms. The van der Waals surface area contributed by atoms with Crippen LogP contribution in [0.1, 0.15) is 45.6 Å². The number of nitrogens with zero attached hydrogens (tertiary/aromatic N) is 1. The molecule has 0 N–H and O–H groups in total. The summed E-state index contributed by atoms with van der Waals surface area (Å²) >= 11 is 0. The topological polar surface area (TPSA) is 39.2 Å². The lowest BCUT2D eigenvalue weighted by molar-refractivity contribution is -0.114. The van der Waals surface area contributed by atoms with Crippen LogP contribution < -0.4 is 0 Å². The van der Waals surface area contributed by atoms with Gasteiger partial charge in [-0.05, 0) is 43.2 Å². The Morgan fingerprint density at radius 3 is 2.46 bits per heavy atom. The van der Waals surface area contributed by atoms with E-state index in [1.807, 2.05) is 12.3 Å². The van der Waals surface area contributed by atoms with Gasteiger partial charge in [-0.15, -0.1) is 0 Å². The molecule has 136 valence electrons. The highest BCUT2D eigenvalue weighted by molar-refractivity contribution is 6.07. The van der Waals surface area contributed by atoms with E-state index in [0.717, 1.165) is 18.0 Å². The Balaban J connectivity index is 0.000000260. The molecular formula is C22H24FNO2. The van der Waals surface area contributed by atoms with E-state index >= 15 is 0 Å². The van der Waals surface area contributed by atoms with Crippen LogP contribution in [0.3, 0.4) is 0 Å². The molecule has 0 aliphatic carbocycles. The zero-order valence-corrected chi connectivity index (χ0v) is 15.6.